The maximum Gasteiger partial charge on any atom is 0.133 e. The number of carbonyl (C=O) groups is 1. The van der Waals surface area contributed by atoms with Crippen LogP contribution in [0.5, 0.6) is 0 Å². The van der Waals surface area contributed by atoms with Gasteiger partial charge < -0.3 is 4.74 Å². The van der Waals surface area contributed by atoms with Gasteiger partial charge in [-0.1, -0.05) is 51.1 Å². The molecule has 0 radical (unpaired) electrons. The summed E-state index contributed by atoms with van der Waals surface area (Å²) in [6.07, 6.45) is 5.13. The molecular weight excluding hydrogens is 272 g/mol. The van der Waals surface area contributed by atoms with Crippen molar-refractivity contribution < 1.29 is 9.53 Å². The van der Waals surface area contributed by atoms with Crippen LogP contribution in [-0.4, -0.2) is 11.9 Å². The summed E-state index contributed by atoms with van der Waals surface area (Å²) in [6.45, 7) is 7.68. The van der Waals surface area contributed by atoms with Crippen molar-refractivity contribution in [2.75, 3.05) is 0 Å². The molecule has 2 nitrogen and oxygen atoms in total. The Balaban J connectivity index is 1.72. The molecule has 1 unspecified atom stereocenters. The van der Waals surface area contributed by atoms with E-state index in [9.17, 15) is 4.79 Å². The summed E-state index contributed by atoms with van der Waals surface area (Å²) < 4.78 is 6.30. The van der Waals surface area contributed by atoms with Crippen LogP contribution in [0.15, 0.2) is 30.3 Å². The Morgan fingerprint density at radius 3 is 2.59 bits per heavy atom. The zero-order valence-electron chi connectivity index (χ0n) is 14.1. The van der Waals surface area contributed by atoms with Crippen molar-refractivity contribution in [2.45, 2.75) is 65.6 Å². The average Bonchev–Trinajstić information content (AvgIpc) is 2.49. The number of rotatable bonds is 3. The van der Waals surface area contributed by atoms with E-state index in [2.05, 4.69) is 45.0 Å². The maximum atomic E-state index is 12.0. The molecule has 0 heterocycles. The lowest BCUT2D eigenvalue weighted by molar-refractivity contribution is -0.155. The molecule has 0 N–H and O–H groups in total. The minimum Gasteiger partial charge on any atom is -0.373 e. The van der Waals surface area contributed by atoms with Crippen LogP contribution in [0.2, 0.25) is 0 Å². The fourth-order valence-corrected chi connectivity index (χ4v) is 4.76. The predicted octanol–water partition coefficient (Wildman–Crippen LogP) is 4.77. The van der Waals surface area contributed by atoms with E-state index < -0.39 is 0 Å². The van der Waals surface area contributed by atoms with Gasteiger partial charge in [0.2, 0.25) is 0 Å². The monoisotopic (exact) mass is 300 g/mol. The molecule has 3 atom stereocenters. The number of benzene rings is 1. The van der Waals surface area contributed by atoms with Crippen molar-refractivity contribution in [3.63, 3.8) is 0 Å². The lowest BCUT2D eigenvalue weighted by Gasteiger charge is -2.56. The van der Waals surface area contributed by atoms with E-state index in [0.29, 0.717) is 23.7 Å². The van der Waals surface area contributed by atoms with Gasteiger partial charge in [0.05, 0.1) is 12.7 Å². The van der Waals surface area contributed by atoms with Gasteiger partial charge in [-0.2, -0.15) is 0 Å². The zero-order chi connectivity index (χ0) is 15.8. The standard InChI is InChI=1S/C20H28O2/c1-19(2)17-13-16(21)9-11-20(17,3)12-10-18(19)22-14-15-7-5-4-6-8-15/h4-8,17-18H,9-14H2,1-3H3/t17?,18-,20-/m0/s1. The van der Waals surface area contributed by atoms with Gasteiger partial charge >= 0.3 is 0 Å². The van der Waals surface area contributed by atoms with E-state index in [1.165, 1.54) is 12.0 Å². The lowest BCUT2D eigenvalue weighted by Crippen LogP contribution is -2.53. The summed E-state index contributed by atoms with van der Waals surface area (Å²) in [7, 11) is 0. The van der Waals surface area contributed by atoms with Crippen molar-refractivity contribution in [1.82, 2.24) is 0 Å². The van der Waals surface area contributed by atoms with Crippen LogP contribution >= 0.6 is 0 Å². The Kier molecular flexibility index (Phi) is 4.15. The third-order valence-corrected chi connectivity index (χ3v) is 6.25. The molecule has 0 spiro atoms. The minimum atomic E-state index is 0.0673. The summed E-state index contributed by atoms with van der Waals surface area (Å²) in [4.78, 5) is 12.0. The zero-order valence-corrected chi connectivity index (χ0v) is 14.1. The van der Waals surface area contributed by atoms with Crippen LogP contribution < -0.4 is 0 Å². The van der Waals surface area contributed by atoms with Gasteiger partial charge in [0, 0.05) is 12.8 Å². The molecule has 2 saturated carbocycles. The van der Waals surface area contributed by atoms with Crippen molar-refractivity contribution in [1.29, 1.82) is 0 Å². The first kappa shape index (κ1) is 15.7. The Morgan fingerprint density at radius 1 is 1.14 bits per heavy atom. The molecule has 2 fully saturated rings. The fraction of sp³-hybridized carbons (Fsp3) is 0.650. The first-order valence-corrected chi connectivity index (χ1v) is 8.59. The third kappa shape index (κ3) is 2.86. The number of ether oxygens (including phenoxy) is 1. The van der Waals surface area contributed by atoms with Gasteiger partial charge in [0.1, 0.15) is 5.78 Å². The van der Waals surface area contributed by atoms with Gasteiger partial charge in [-0.05, 0) is 41.6 Å². The third-order valence-electron chi connectivity index (χ3n) is 6.25. The van der Waals surface area contributed by atoms with E-state index in [4.69, 9.17) is 4.74 Å². The number of hydrogen-bond acceptors (Lipinski definition) is 2. The summed E-state index contributed by atoms with van der Waals surface area (Å²) in [6, 6.07) is 10.4. The molecule has 22 heavy (non-hydrogen) atoms. The van der Waals surface area contributed by atoms with Crippen LogP contribution in [-0.2, 0) is 16.1 Å². The van der Waals surface area contributed by atoms with Gasteiger partial charge in [-0.15, -0.1) is 0 Å². The average molecular weight is 300 g/mol. The normalized spacial score (nSPS) is 34.2. The summed E-state index contributed by atoms with van der Waals surface area (Å²) in [5.74, 6) is 0.898. The highest BCUT2D eigenvalue weighted by Crippen LogP contribution is 2.57. The van der Waals surface area contributed by atoms with Crippen molar-refractivity contribution in [3.05, 3.63) is 35.9 Å². The summed E-state index contributed by atoms with van der Waals surface area (Å²) in [5, 5.41) is 0. The van der Waals surface area contributed by atoms with Gasteiger partial charge in [0.25, 0.3) is 0 Å². The molecule has 1 aromatic rings. The molecular formula is C20H28O2. The van der Waals surface area contributed by atoms with Gasteiger partial charge in [-0.25, -0.2) is 0 Å². The fourth-order valence-electron chi connectivity index (χ4n) is 4.76. The van der Waals surface area contributed by atoms with Crippen LogP contribution in [0.25, 0.3) is 0 Å². The Labute approximate surface area is 134 Å². The second-order valence-electron chi connectivity index (χ2n) is 8.09. The van der Waals surface area contributed by atoms with Crippen molar-refractivity contribution >= 4 is 5.78 Å². The number of fused-ring (bicyclic) bond motifs is 1. The second kappa shape index (κ2) is 5.81. The molecule has 1 aromatic carbocycles. The van der Waals surface area contributed by atoms with Crippen molar-refractivity contribution in [3.8, 4) is 0 Å². The minimum absolute atomic E-state index is 0.0673. The quantitative estimate of drug-likeness (QED) is 0.804. The SMILES string of the molecule is CC1(C)C2CC(=O)CC[C@@]2(C)CC[C@@H]1OCc1ccccc1. The predicted molar refractivity (Wildman–Crippen MR) is 88.5 cm³/mol. The van der Waals surface area contributed by atoms with E-state index in [-0.39, 0.29) is 11.5 Å². The molecule has 2 aliphatic rings. The van der Waals surface area contributed by atoms with Crippen molar-refractivity contribution in [2.24, 2.45) is 16.7 Å². The lowest BCUT2D eigenvalue weighted by atomic mass is 9.50. The largest absolute Gasteiger partial charge is 0.373 e. The molecule has 0 aliphatic heterocycles. The Morgan fingerprint density at radius 2 is 1.86 bits per heavy atom. The molecule has 0 aromatic heterocycles. The summed E-state index contributed by atoms with van der Waals surface area (Å²) >= 11 is 0. The van der Waals surface area contributed by atoms with E-state index in [1.807, 2.05) is 6.07 Å². The van der Waals surface area contributed by atoms with E-state index >= 15 is 0 Å². The topological polar surface area (TPSA) is 26.3 Å². The number of Topliss-reactive ketones (excluding diaryl/α,β-unsaturated/α-hetero) is 1. The highest BCUT2D eigenvalue weighted by atomic mass is 16.5. The molecule has 2 heteroatoms. The maximum absolute atomic E-state index is 12.0. The molecule has 0 bridgehead atoms. The Bertz CT molecular complexity index is 534. The summed E-state index contributed by atoms with van der Waals surface area (Å²) in [5.41, 5.74) is 1.62. The molecule has 0 saturated heterocycles. The molecule has 3 rings (SSSR count). The van der Waals surface area contributed by atoms with E-state index in [0.717, 1.165) is 25.7 Å². The van der Waals surface area contributed by atoms with Gasteiger partial charge in [-0.3, -0.25) is 4.79 Å². The highest BCUT2D eigenvalue weighted by Gasteiger charge is 2.53. The molecule has 2 aliphatic carbocycles. The smallest absolute Gasteiger partial charge is 0.133 e. The van der Waals surface area contributed by atoms with Crippen LogP contribution in [0.1, 0.15) is 58.4 Å². The number of ketones is 1. The van der Waals surface area contributed by atoms with Crippen LogP contribution in [0.3, 0.4) is 0 Å². The first-order valence-electron chi connectivity index (χ1n) is 8.59. The van der Waals surface area contributed by atoms with Crippen LogP contribution in [0.4, 0.5) is 0 Å². The second-order valence-corrected chi connectivity index (χ2v) is 8.09. The Hall–Kier alpha value is -1.15. The first-order chi connectivity index (χ1) is 10.4. The molecule has 120 valence electrons. The highest BCUT2D eigenvalue weighted by molar-refractivity contribution is 5.79. The van der Waals surface area contributed by atoms with Gasteiger partial charge in [0.15, 0.2) is 0 Å². The van der Waals surface area contributed by atoms with E-state index in [1.54, 1.807) is 0 Å². The number of carbonyl (C=O) groups excluding carboxylic acids is 1. The molecule has 0 amide bonds. The number of hydrogen-bond donors (Lipinski definition) is 0. The van der Waals surface area contributed by atoms with Crippen LogP contribution in [0, 0.1) is 16.7 Å².